The highest BCUT2D eigenvalue weighted by molar-refractivity contribution is 5.84. The smallest absolute Gasteiger partial charge is 0.405 e. The van der Waals surface area contributed by atoms with Crippen LogP contribution in [0.25, 0.3) is 0 Å². The number of ether oxygens (including phenoxy) is 1. The summed E-state index contributed by atoms with van der Waals surface area (Å²) < 4.78 is 4.82. The van der Waals surface area contributed by atoms with E-state index < -0.39 is 24.1 Å². The topological polar surface area (TPSA) is 131 Å². The molecule has 0 spiro atoms. The van der Waals surface area contributed by atoms with Gasteiger partial charge in [-0.1, -0.05) is 13.3 Å². The number of carbonyl (C=O) groups excluding carboxylic acids is 3. The Morgan fingerprint density at radius 1 is 1.55 bits per heavy atom. The van der Waals surface area contributed by atoms with E-state index in [1.807, 2.05) is 6.92 Å². The highest BCUT2D eigenvalue weighted by atomic mass is 16.6. The van der Waals surface area contributed by atoms with Crippen LogP contribution in [0.3, 0.4) is 0 Å². The quantitative estimate of drug-likeness (QED) is 0.461. The summed E-state index contributed by atoms with van der Waals surface area (Å²) in [4.78, 5) is 34.6. The van der Waals surface area contributed by atoms with E-state index in [1.54, 1.807) is 0 Å². The van der Waals surface area contributed by atoms with Crippen LogP contribution in [-0.2, 0) is 14.3 Å². The maximum absolute atomic E-state index is 12.2. The van der Waals surface area contributed by atoms with Crippen molar-refractivity contribution in [3.8, 4) is 0 Å². The van der Waals surface area contributed by atoms with E-state index in [9.17, 15) is 19.5 Å². The Morgan fingerprint density at radius 3 is 2.77 bits per heavy atom. The summed E-state index contributed by atoms with van der Waals surface area (Å²) in [5, 5.41) is 14.7. The molecule has 2 unspecified atom stereocenters. The summed E-state index contributed by atoms with van der Waals surface area (Å²) in [6.07, 6.45) is 0.981. The van der Waals surface area contributed by atoms with Crippen molar-refractivity contribution in [2.75, 3.05) is 13.2 Å². The van der Waals surface area contributed by atoms with Gasteiger partial charge in [0.05, 0.1) is 12.6 Å². The molecule has 0 aromatic carbocycles. The fraction of sp³-hybridized carbons (Fsp3) is 0.786. The third-order valence-corrected chi connectivity index (χ3v) is 3.67. The average Bonchev–Trinajstić information content (AvgIpc) is 2.87. The number of aliphatic hydroxyl groups is 1. The van der Waals surface area contributed by atoms with E-state index in [-0.39, 0.29) is 18.4 Å². The molecule has 1 heterocycles. The van der Waals surface area contributed by atoms with Gasteiger partial charge in [0.25, 0.3) is 5.91 Å². The molecule has 3 atom stereocenters. The second-order valence-corrected chi connectivity index (χ2v) is 5.47. The number of aliphatic hydroxyl groups excluding tert-OH is 1. The summed E-state index contributed by atoms with van der Waals surface area (Å²) >= 11 is 0. The van der Waals surface area contributed by atoms with Crippen molar-refractivity contribution in [1.82, 2.24) is 10.6 Å². The molecule has 0 bridgehead atoms. The summed E-state index contributed by atoms with van der Waals surface area (Å²) in [5.41, 5.74) is 4.97. The van der Waals surface area contributed by atoms with Crippen LogP contribution < -0.4 is 16.4 Å². The zero-order chi connectivity index (χ0) is 16.5. The molecule has 1 fully saturated rings. The molecule has 1 rings (SSSR count). The van der Waals surface area contributed by atoms with E-state index in [0.29, 0.717) is 32.2 Å². The lowest BCUT2D eigenvalue weighted by atomic mass is 9.98. The van der Waals surface area contributed by atoms with Crippen LogP contribution in [0, 0.1) is 5.92 Å². The molecule has 8 heteroatoms. The number of unbranched alkanes of at least 4 members (excludes halogenated alkanes) is 1. The van der Waals surface area contributed by atoms with Crippen LogP contribution in [0.4, 0.5) is 4.79 Å². The van der Waals surface area contributed by atoms with Crippen LogP contribution in [-0.4, -0.2) is 48.3 Å². The standard InChI is InChI=1S/C14H25N3O5/c1-2-3-4-11(22-14(15)21)13(20)17-10(8-18)7-9-5-6-16-12(9)19/h9-11,18H,2-8H2,1H3,(H2,15,21)(H,16,19)(H,17,20)/t9-,10?,11?/m0/s1. The Balaban J connectivity index is 2.55. The number of nitrogens with one attached hydrogen (secondary N) is 2. The van der Waals surface area contributed by atoms with Crippen molar-refractivity contribution in [2.24, 2.45) is 11.7 Å². The van der Waals surface area contributed by atoms with E-state index >= 15 is 0 Å². The molecule has 0 saturated carbocycles. The molecule has 5 N–H and O–H groups in total. The number of amides is 3. The number of hydrogen-bond acceptors (Lipinski definition) is 5. The maximum atomic E-state index is 12.2. The predicted octanol–water partition coefficient (Wildman–Crippen LogP) is -0.356. The summed E-state index contributed by atoms with van der Waals surface area (Å²) in [6.45, 7) is 2.28. The Kier molecular flexibility index (Phi) is 7.65. The van der Waals surface area contributed by atoms with Crippen LogP contribution in [0.5, 0.6) is 0 Å². The zero-order valence-electron chi connectivity index (χ0n) is 12.8. The molecule has 0 aromatic heterocycles. The first-order valence-corrected chi connectivity index (χ1v) is 7.63. The average molecular weight is 315 g/mol. The Labute approximate surface area is 129 Å². The van der Waals surface area contributed by atoms with Crippen LogP contribution >= 0.6 is 0 Å². The molecule has 0 aromatic rings. The van der Waals surface area contributed by atoms with Gasteiger partial charge in [-0.05, 0) is 25.7 Å². The Morgan fingerprint density at radius 2 is 2.27 bits per heavy atom. The third-order valence-electron chi connectivity index (χ3n) is 3.67. The number of carbonyl (C=O) groups is 3. The first-order valence-electron chi connectivity index (χ1n) is 7.63. The predicted molar refractivity (Wildman–Crippen MR) is 78.7 cm³/mol. The lowest BCUT2D eigenvalue weighted by molar-refractivity contribution is -0.131. The van der Waals surface area contributed by atoms with Crippen molar-refractivity contribution < 1.29 is 24.2 Å². The van der Waals surface area contributed by atoms with Gasteiger partial charge in [0, 0.05) is 12.5 Å². The Hall–Kier alpha value is -1.83. The number of nitrogens with two attached hydrogens (primary N) is 1. The Bertz CT molecular complexity index is 402. The highest BCUT2D eigenvalue weighted by Crippen LogP contribution is 2.16. The molecule has 0 aliphatic carbocycles. The van der Waals surface area contributed by atoms with E-state index in [2.05, 4.69) is 10.6 Å². The second-order valence-electron chi connectivity index (χ2n) is 5.47. The molecular formula is C14H25N3O5. The van der Waals surface area contributed by atoms with Crippen molar-refractivity contribution in [2.45, 2.75) is 51.2 Å². The molecule has 8 nitrogen and oxygen atoms in total. The van der Waals surface area contributed by atoms with Gasteiger partial charge in [-0.3, -0.25) is 9.59 Å². The first-order chi connectivity index (χ1) is 10.5. The van der Waals surface area contributed by atoms with Gasteiger partial charge in [0.1, 0.15) is 0 Å². The van der Waals surface area contributed by atoms with Crippen molar-refractivity contribution in [3.63, 3.8) is 0 Å². The normalized spacial score (nSPS) is 20.1. The van der Waals surface area contributed by atoms with Crippen LogP contribution in [0.2, 0.25) is 0 Å². The summed E-state index contributed by atoms with van der Waals surface area (Å²) in [5.74, 6) is -0.781. The lowest BCUT2D eigenvalue weighted by Gasteiger charge is -2.22. The van der Waals surface area contributed by atoms with E-state index in [1.165, 1.54) is 0 Å². The fourth-order valence-corrected chi connectivity index (χ4v) is 2.46. The molecule has 22 heavy (non-hydrogen) atoms. The van der Waals surface area contributed by atoms with Gasteiger partial charge >= 0.3 is 6.09 Å². The highest BCUT2D eigenvalue weighted by Gasteiger charge is 2.29. The SMILES string of the molecule is CCCCC(OC(N)=O)C(=O)NC(CO)C[C@@H]1CCNC1=O. The van der Waals surface area contributed by atoms with Crippen molar-refractivity contribution >= 4 is 17.9 Å². The fourth-order valence-electron chi connectivity index (χ4n) is 2.46. The lowest BCUT2D eigenvalue weighted by Crippen LogP contribution is -2.46. The van der Waals surface area contributed by atoms with Gasteiger partial charge in [-0.2, -0.15) is 0 Å². The molecule has 1 saturated heterocycles. The molecule has 1 aliphatic heterocycles. The molecule has 3 amide bonds. The van der Waals surface area contributed by atoms with Gasteiger partial charge in [-0.15, -0.1) is 0 Å². The molecule has 1 aliphatic rings. The minimum absolute atomic E-state index is 0.0661. The maximum Gasteiger partial charge on any atom is 0.405 e. The zero-order valence-corrected chi connectivity index (χ0v) is 12.8. The van der Waals surface area contributed by atoms with Crippen molar-refractivity contribution in [3.05, 3.63) is 0 Å². The van der Waals surface area contributed by atoms with Gasteiger partial charge in [0.15, 0.2) is 6.10 Å². The summed E-state index contributed by atoms with van der Waals surface area (Å²) in [7, 11) is 0. The first kappa shape index (κ1) is 18.2. The minimum atomic E-state index is -1.01. The van der Waals surface area contributed by atoms with Gasteiger partial charge in [0.2, 0.25) is 5.91 Å². The van der Waals surface area contributed by atoms with Crippen molar-refractivity contribution in [1.29, 1.82) is 0 Å². The number of hydrogen-bond donors (Lipinski definition) is 4. The molecule has 0 radical (unpaired) electrons. The number of rotatable bonds is 9. The summed E-state index contributed by atoms with van der Waals surface area (Å²) in [6, 6.07) is -0.554. The van der Waals surface area contributed by atoms with Gasteiger partial charge < -0.3 is 26.2 Å². The number of primary amides is 1. The van der Waals surface area contributed by atoms with E-state index in [4.69, 9.17) is 10.5 Å². The van der Waals surface area contributed by atoms with E-state index in [0.717, 1.165) is 6.42 Å². The van der Waals surface area contributed by atoms with Crippen LogP contribution in [0.15, 0.2) is 0 Å². The van der Waals surface area contributed by atoms with Gasteiger partial charge in [-0.25, -0.2) is 4.79 Å². The minimum Gasteiger partial charge on any atom is -0.436 e. The third kappa shape index (κ3) is 5.88. The second kappa shape index (κ2) is 9.24. The molecule has 126 valence electrons. The molecular weight excluding hydrogens is 290 g/mol. The monoisotopic (exact) mass is 315 g/mol. The van der Waals surface area contributed by atoms with Crippen LogP contribution in [0.1, 0.15) is 39.0 Å². The largest absolute Gasteiger partial charge is 0.436 e.